The molecule has 5 rings (SSSR count). The van der Waals surface area contributed by atoms with Gasteiger partial charge in [-0.1, -0.05) is 12.1 Å². The number of hydrogen-bond donors (Lipinski definition) is 1. The molecule has 2 saturated heterocycles. The van der Waals surface area contributed by atoms with Crippen LogP contribution in [0.1, 0.15) is 22.3 Å². The van der Waals surface area contributed by atoms with Crippen LogP contribution >= 0.6 is 0 Å². The highest BCUT2D eigenvalue weighted by atomic mass is 32.2. The van der Waals surface area contributed by atoms with Crippen LogP contribution < -0.4 is 5.32 Å². The summed E-state index contributed by atoms with van der Waals surface area (Å²) in [6.45, 7) is 2.51. The monoisotopic (exact) mass is 439 g/mol. The SMILES string of the molecule is CN1CC[C@@H]2CN(S(=O)(=O)c3ccc(CNC(=O)c4ccc5nccn5c4)cc3)C[C@@H]21. The van der Waals surface area contributed by atoms with Crippen LogP contribution in [0.3, 0.4) is 0 Å². The normalized spacial score (nSPS) is 22.1. The van der Waals surface area contributed by atoms with Crippen molar-refractivity contribution in [2.24, 2.45) is 5.92 Å². The highest BCUT2D eigenvalue weighted by Crippen LogP contribution is 2.33. The Labute approximate surface area is 181 Å². The number of carbonyl (C=O) groups excluding carboxylic acids is 1. The van der Waals surface area contributed by atoms with Crippen LogP contribution in [-0.2, 0) is 16.6 Å². The van der Waals surface area contributed by atoms with Gasteiger partial charge in [-0.25, -0.2) is 13.4 Å². The van der Waals surface area contributed by atoms with Gasteiger partial charge in [0, 0.05) is 44.3 Å². The Morgan fingerprint density at radius 2 is 1.97 bits per heavy atom. The number of nitrogens with one attached hydrogen (secondary N) is 1. The Bertz CT molecular complexity index is 1220. The van der Waals surface area contributed by atoms with Crippen molar-refractivity contribution in [1.29, 1.82) is 0 Å². The van der Waals surface area contributed by atoms with E-state index in [9.17, 15) is 13.2 Å². The third-order valence-electron chi connectivity index (χ3n) is 6.46. The van der Waals surface area contributed by atoms with Gasteiger partial charge in [-0.05, 0) is 55.8 Å². The van der Waals surface area contributed by atoms with Crippen molar-refractivity contribution in [2.75, 3.05) is 26.7 Å². The molecule has 162 valence electrons. The van der Waals surface area contributed by atoms with Gasteiger partial charge < -0.3 is 14.6 Å². The minimum atomic E-state index is -3.50. The van der Waals surface area contributed by atoms with E-state index in [1.54, 1.807) is 63.7 Å². The lowest BCUT2D eigenvalue weighted by Crippen LogP contribution is -2.35. The third kappa shape index (κ3) is 3.73. The number of imidazole rings is 1. The topological polar surface area (TPSA) is 87.0 Å². The molecule has 4 heterocycles. The van der Waals surface area contributed by atoms with Crippen LogP contribution in [0.2, 0.25) is 0 Å². The summed E-state index contributed by atoms with van der Waals surface area (Å²) in [5.41, 5.74) is 2.16. The van der Waals surface area contributed by atoms with Gasteiger partial charge in [-0.2, -0.15) is 4.31 Å². The summed E-state index contributed by atoms with van der Waals surface area (Å²) in [5, 5.41) is 2.88. The lowest BCUT2D eigenvalue weighted by atomic mass is 10.1. The zero-order valence-electron chi connectivity index (χ0n) is 17.3. The number of nitrogens with zero attached hydrogens (tertiary/aromatic N) is 4. The van der Waals surface area contributed by atoms with Crippen LogP contribution in [0.15, 0.2) is 59.9 Å². The molecule has 0 spiro atoms. The summed E-state index contributed by atoms with van der Waals surface area (Å²) in [6.07, 6.45) is 6.26. The van der Waals surface area contributed by atoms with Crippen LogP contribution in [0, 0.1) is 5.92 Å². The number of likely N-dealkylation sites (N-methyl/N-ethyl adjacent to an activating group) is 1. The Hall–Kier alpha value is -2.75. The smallest absolute Gasteiger partial charge is 0.253 e. The zero-order valence-corrected chi connectivity index (χ0v) is 18.1. The van der Waals surface area contributed by atoms with E-state index in [-0.39, 0.29) is 5.91 Å². The lowest BCUT2D eigenvalue weighted by molar-refractivity contribution is 0.0950. The fraction of sp³-hybridized carbons (Fsp3) is 0.364. The number of sulfonamides is 1. The first kappa shape index (κ1) is 20.2. The van der Waals surface area contributed by atoms with Gasteiger partial charge in [0.15, 0.2) is 0 Å². The van der Waals surface area contributed by atoms with E-state index in [2.05, 4.69) is 22.2 Å². The number of carbonyl (C=O) groups is 1. The first-order valence-corrected chi connectivity index (χ1v) is 11.9. The highest BCUT2D eigenvalue weighted by Gasteiger charge is 2.43. The molecule has 2 fully saturated rings. The summed E-state index contributed by atoms with van der Waals surface area (Å²) in [5.74, 6) is 0.232. The molecule has 0 bridgehead atoms. The highest BCUT2D eigenvalue weighted by molar-refractivity contribution is 7.89. The molecule has 9 heteroatoms. The Balaban J connectivity index is 1.23. The summed E-state index contributed by atoms with van der Waals surface area (Å²) in [7, 11) is -1.43. The lowest BCUT2D eigenvalue weighted by Gasteiger charge is -2.20. The molecule has 2 aliphatic rings. The predicted octanol–water partition coefficient (Wildman–Crippen LogP) is 1.59. The summed E-state index contributed by atoms with van der Waals surface area (Å²) >= 11 is 0. The minimum absolute atomic E-state index is 0.194. The van der Waals surface area contributed by atoms with Crippen LogP contribution in [0.4, 0.5) is 0 Å². The van der Waals surface area contributed by atoms with Crippen molar-refractivity contribution in [1.82, 2.24) is 23.9 Å². The van der Waals surface area contributed by atoms with E-state index in [0.29, 0.717) is 42.1 Å². The maximum atomic E-state index is 13.0. The number of benzene rings is 1. The van der Waals surface area contributed by atoms with Gasteiger partial charge in [0.1, 0.15) is 5.65 Å². The maximum Gasteiger partial charge on any atom is 0.253 e. The summed E-state index contributed by atoms with van der Waals surface area (Å²) < 4.78 is 29.5. The van der Waals surface area contributed by atoms with E-state index in [4.69, 9.17) is 0 Å². The summed E-state index contributed by atoms with van der Waals surface area (Å²) in [6, 6.07) is 10.6. The van der Waals surface area contributed by atoms with Crippen molar-refractivity contribution in [3.05, 3.63) is 66.1 Å². The van der Waals surface area contributed by atoms with Gasteiger partial charge >= 0.3 is 0 Å². The quantitative estimate of drug-likeness (QED) is 0.652. The molecule has 0 aliphatic carbocycles. The van der Waals surface area contributed by atoms with Crippen LogP contribution in [0.25, 0.3) is 5.65 Å². The molecule has 3 aromatic rings. The van der Waals surface area contributed by atoms with Crippen molar-refractivity contribution in [2.45, 2.75) is 23.9 Å². The second-order valence-electron chi connectivity index (χ2n) is 8.36. The number of hydrogen-bond acceptors (Lipinski definition) is 5. The predicted molar refractivity (Wildman–Crippen MR) is 116 cm³/mol. The van der Waals surface area contributed by atoms with Crippen LogP contribution in [-0.4, -0.2) is 65.6 Å². The van der Waals surface area contributed by atoms with E-state index < -0.39 is 10.0 Å². The number of pyridine rings is 1. The molecule has 0 radical (unpaired) electrons. The molecule has 1 amide bonds. The van der Waals surface area contributed by atoms with E-state index in [1.165, 1.54) is 0 Å². The van der Waals surface area contributed by atoms with Crippen molar-refractivity contribution < 1.29 is 13.2 Å². The first-order valence-electron chi connectivity index (χ1n) is 10.4. The fourth-order valence-corrected chi connectivity index (χ4v) is 6.11. The molecule has 31 heavy (non-hydrogen) atoms. The molecule has 8 nitrogen and oxygen atoms in total. The number of amides is 1. The van der Waals surface area contributed by atoms with Crippen molar-refractivity contribution in [3.63, 3.8) is 0 Å². The molecule has 2 aromatic heterocycles. The van der Waals surface area contributed by atoms with Gasteiger partial charge in [0.25, 0.3) is 5.91 Å². The van der Waals surface area contributed by atoms with E-state index in [0.717, 1.165) is 24.2 Å². The molecule has 0 unspecified atom stereocenters. The molecular formula is C22H25N5O3S. The Morgan fingerprint density at radius 3 is 2.74 bits per heavy atom. The first-order chi connectivity index (χ1) is 14.9. The third-order valence-corrected chi connectivity index (χ3v) is 8.30. The molecule has 1 aromatic carbocycles. The van der Waals surface area contributed by atoms with Crippen molar-refractivity contribution in [3.8, 4) is 0 Å². The molecular weight excluding hydrogens is 414 g/mol. The maximum absolute atomic E-state index is 13.0. The minimum Gasteiger partial charge on any atom is -0.348 e. The van der Waals surface area contributed by atoms with Crippen molar-refractivity contribution >= 4 is 21.6 Å². The van der Waals surface area contributed by atoms with Gasteiger partial charge in [0.05, 0.1) is 10.5 Å². The number of aromatic nitrogens is 2. The number of rotatable bonds is 5. The molecule has 2 atom stereocenters. The van der Waals surface area contributed by atoms with Gasteiger partial charge in [-0.15, -0.1) is 0 Å². The summed E-state index contributed by atoms with van der Waals surface area (Å²) in [4.78, 5) is 19.2. The molecule has 0 saturated carbocycles. The molecule has 1 N–H and O–H groups in total. The standard InChI is InChI=1S/C22H25N5O3S/c1-25-10-8-17-14-27(15-20(17)25)31(29,30)19-5-2-16(3-6-19)12-24-22(28)18-4-7-21-23-9-11-26(21)13-18/h2-7,9,11,13,17,20H,8,10,12,14-15H2,1H3,(H,24,28)/t17-,20+/m1/s1. The number of likely N-dealkylation sites (tertiary alicyclic amines) is 1. The van der Waals surface area contributed by atoms with E-state index in [1.807, 2.05) is 0 Å². The van der Waals surface area contributed by atoms with Crippen LogP contribution in [0.5, 0.6) is 0 Å². The average molecular weight is 440 g/mol. The second-order valence-corrected chi connectivity index (χ2v) is 10.3. The van der Waals surface area contributed by atoms with Gasteiger partial charge in [0.2, 0.25) is 10.0 Å². The molecule has 2 aliphatic heterocycles. The van der Waals surface area contributed by atoms with Gasteiger partial charge in [-0.3, -0.25) is 4.79 Å². The zero-order chi connectivity index (χ0) is 21.6. The Morgan fingerprint density at radius 1 is 1.16 bits per heavy atom. The largest absolute Gasteiger partial charge is 0.348 e. The second kappa shape index (κ2) is 7.74. The Kier molecular flexibility index (Phi) is 5.04. The fourth-order valence-electron chi connectivity index (χ4n) is 4.60. The number of fused-ring (bicyclic) bond motifs is 2. The average Bonchev–Trinajstić information content (AvgIpc) is 3.49. The van der Waals surface area contributed by atoms with E-state index >= 15 is 0 Å².